The van der Waals surface area contributed by atoms with E-state index in [1.807, 2.05) is 64.1 Å². The lowest BCUT2D eigenvalue weighted by molar-refractivity contribution is -0.142. The van der Waals surface area contributed by atoms with E-state index in [1.165, 1.54) is 42.5 Å². The SMILES string of the molecule is CCN(CC)c1ccc2c(-c3ccc(S(=O)(=O)NCCNC(=O)CCC[Si](C)(C)O[Si](C)(C)CSc4ncc(CN5C(=O)CC(SC[C@H](NC(=O)[C@H](CN)NC(=O)[C@H](CC(=O)O)NC(=O)CC[C@@H](C)NC(=O)c6ccc(NCc7cnc8nc(N)[nH]c(=O)c8n7)cc6)C(=O)O)C5=O)cn4)cc3S(=O)(=O)O)c3ccc(=[N+](CC)CC)cc-3oc2c1. The molecule has 5 heterocycles. The molecule has 1 fully saturated rings. The van der Waals surface area contributed by atoms with E-state index in [9.17, 15) is 79.5 Å². The number of aliphatic carboxylic acids is 2. The fourth-order valence-electron chi connectivity index (χ4n) is 13.3. The number of rotatable bonds is 43. The third kappa shape index (κ3) is 25.2. The number of benzene rings is 4. The number of carbonyl (C=O) groups is 9. The highest BCUT2D eigenvalue weighted by Crippen LogP contribution is 2.44. The van der Waals surface area contributed by atoms with E-state index >= 15 is 0 Å². The summed E-state index contributed by atoms with van der Waals surface area (Å²) in [7, 11) is -14.2. The molecule has 3 aromatic heterocycles. The van der Waals surface area contributed by atoms with Crippen molar-refractivity contribution in [2.45, 2.75) is 163 Å². The lowest BCUT2D eigenvalue weighted by Gasteiger charge is -2.33. The first-order valence-corrected chi connectivity index (χ1v) is 49.5. The summed E-state index contributed by atoms with van der Waals surface area (Å²) in [5.41, 5.74) is 15.1. The number of hydrogen-bond acceptors (Lipinski definition) is 27. The number of imide groups is 1. The van der Waals surface area contributed by atoms with E-state index in [2.05, 4.69) is 102 Å². The second kappa shape index (κ2) is 40.9. The highest BCUT2D eigenvalue weighted by atomic mass is 32.2. The average Bonchev–Trinajstić information content (AvgIpc) is 1.14. The van der Waals surface area contributed by atoms with Gasteiger partial charge in [-0.2, -0.15) is 13.4 Å². The monoisotopic (exact) mass is 1750 g/mol. The molecule has 6 aromatic rings. The standard InChI is InChI=1S/C76H98N18O19S4Si2/c1-10-92(11-2)49-21-24-52-58(31-49)112-59-32-50(93(12-3)13-4)22-25-53(59)66(52)54-26-23-51(33-61(54)117(109,110)111)116(107,108)84-29-28-79-62(95)15-14-30-118(6,7)113-119(8,9)43-115-76-82-37-45(38-83-76)41-94-64(97)35-60(73(94)104)114-42-57(74(105)106)89-71(102)56(36-77)88-70(101)55(34-65(98)99)87-63(96)27-16-44(5)85-69(100)46-17-19-47(20-18-46)80-39-48-40-81-68-67(86-48)72(103)91-75(78)90-68/h17-26,31-33,37-38,40,44,55-57,60,84H,10-16,27-30,34-36,39,41-43,77H2,1-9H3,(H11-,78,79,80,81,85,87,88,89,90,91,95,96,98,99,100,101,102,103,105,106,109,110,111)/p+1/t44-,55+,56+,57+,60?/m1/s1. The van der Waals surface area contributed by atoms with Gasteiger partial charge in [-0.25, -0.2) is 42.4 Å². The highest BCUT2D eigenvalue weighted by Gasteiger charge is 2.41. The molecule has 3 aromatic carbocycles. The molecule has 119 heavy (non-hydrogen) atoms. The van der Waals surface area contributed by atoms with E-state index in [-0.39, 0.29) is 86.0 Å². The van der Waals surface area contributed by atoms with E-state index in [0.29, 0.717) is 67.8 Å². The third-order valence-corrected chi connectivity index (χ3v) is 32.7. The number of sulfonamides is 1. The van der Waals surface area contributed by atoms with Crippen molar-refractivity contribution < 1.29 is 83.3 Å². The second-order valence-corrected chi connectivity index (χ2v) is 43.8. The molecule has 37 nitrogen and oxygen atoms in total. The zero-order chi connectivity index (χ0) is 86.8. The normalized spacial score (nSPS) is 14.3. The van der Waals surface area contributed by atoms with Crippen LogP contribution in [0.5, 0.6) is 0 Å². The molecule has 15 N–H and O–H groups in total. The molecular weight excluding hydrogens is 1650 g/mol. The van der Waals surface area contributed by atoms with Gasteiger partial charge in [-0.05, 0) is 134 Å². The summed E-state index contributed by atoms with van der Waals surface area (Å²) in [6.45, 7) is 19.9. The quantitative estimate of drug-likeness (QED) is 0.00375. The first-order chi connectivity index (χ1) is 56.3. The molecule has 1 unspecified atom stereocenters. The summed E-state index contributed by atoms with van der Waals surface area (Å²) in [5.74, 6) is -8.05. The fraction of sp³-hybridized carbons (Fsp3) is 0.421. The molecule has 1 aliphatic carbocycles. The molecule has 0 saturated carbocycles. The number of nitrogens with two attached hydrogens (primary N) is 2. The number of carboxylic acid groups (broad SMARTS) is 2. The topological polar surface area (TPSA) is 548 Å². The Hall–Kier alpha value is -10.6. The van der Waals surface area contributed by atoms with E-state index < -0.39 is 148 Å². The smallest absolute Gasteiger partial charge is 0.327 e. The maximum absolute atomic E-state index is 13.8. The van der Waals surface area contributed by atoms with Gasteiger partial charge in [-0.1, -0.05) is 17.8 Å². The lowest BCUT2D eigenvalue weighted by Crippen LogP contribution is -2.58. The number of aromatic amines is 1. The molecule has 2 aliphatic heterocycles. The predicted octanol–water partition coefficient (Wildman–Crippen LogP) is 3.99. The first-order valence-electron chi connectivity index (χ1n) is 38.3. The molecule has 0 radical (unpaired) electrons. The molecule has 1 saturated heterocycles. The van der Waals surface area contributed by atoms with Crippen molar-refractivity contribution in [1.82, 2.24) is 70.7 Å². The summed E-state index contributed by atoms with van der Waals surface area (Å²) < 4.78 is 82.7. The van der Waals surface area contributed by atoms with Crippen molar-refractivity contribution in [3.05, 3.63) is 130 Å². The van der Waals surface area contributed by atoms with Crippen LogP contribution in [0, 0.1) is 0 Å². The molecule has 5 atom stereocenters. The number of aromatic nitrogens is 6. The summed E-state index contributed by atoms with van der Waals surface area (Å²) >= 11 is 2.17. The fourth-order valence-corrected chi connectivity index (χ4v) is 26.7. The van der Waals surface area contributed by atoms with Gasteiger partial charge in [0.2, 0.25) is 56.8 Å². The number of hydrogen-bond donors (Lipinski definition) is 13. The number of carbonyl (C=O) groups excluding carboxylic acids is 7. The van der Waals surface area contributed by atoms with Crippen LogP contribution in [0.2, 0.25) is 32.2 Å². The molecule has 0 spiro atoms. The maximum atomic E-state index is 13.8. The lowest BCUT2D eigenvalue weighted by atomic mass is 9.93. The van der Waals surface area contributed by atoms with Gasteiger partial charge in [0.15, 0.2) is 33.0 Å². The van der Waals surface area contributed by atoms with Gasteiger partial charge in [-0.3, -0.25) is 57.6 Å². The van der Waals surface area contributed by atoms with Gasteiger partial charge in [0.05, 0.1) is 47.6 Å². The van der Waals surface area contributed by atoms with Gasteiger partial charge < -0.3 is 67.0 Å². The maximum Gasteiger partial charge on any atom is 0.327 e. The van der Waals surface area contributed by atoms with Crippen LogP contribution >= 0.6 is 23.5 Å². The van der Waals surface area contributed by atoms with Crippen LogP contribution in [-0.2, 0) is 75.7 Å². The summed E-state index contributed by atoms with van der Waals surface area (Å²) in [6, 6.07) is 16.1. The minimum atomic E-state index is -5.04. The number of anilines is 3. The van der Waals surface area contributed by atoms with E-state index in [1.54, 1.807) is 31.2 Å². The van der Waals surface area contributed by atoms with Crippen LogP contribution < -0.4 is 68.5 Å². The highest BCUT2D eigenvalue weighted by molar-refractivity contribution is 8.01. The number of amides is 7. The van der Waals surface area contributed by atoms with Gasteiger partial charge >= 0.3 is 11.9 Å². The number of nitrogens with one attached hydrogen (secondary N) is 8. The Morgan fingerprint density at radius 3 is 2.14 bits per heavy atom. The van der Waals surface area contributed by atoms with Crippen molar-refractivity contribution in [2.24, 2.45) is 5.73 Å². The molecule has 7 amide bonds. The number of likely N-dealkylation sites (tertiary alicyclic amines) is 1. The Balaban J connectivity index is 0.676. The summed E-state index contributed by atoms with van der Waals surface area (Å²) in [4.78, 5) is 155. The molecule has 43 heteroatoms. The Morgan fingerprint density at radius 1 is 0.790 bits per heavy atom. The Morgan fingerprint density at radius 2 is 1.48 bits per heavy atom. The van der Waals surface area contributed by atoms with Crippen molar-refractivity contribution in [2.75, 3.05) is 72.9 Å². The molecule has 0 bridgehead atoms. The number of nitrogen functional groups attached to an aromatic ring is 1. The van der Waals surface area contributed by atoms with Crippen LogP contribution in [0.25, 0.3) is 44.6 Å². The van der Waals surface area contributed by atoms with E-state index in [4.69, 9.17) is 20.0 Å². The van der Waals surface area contributed by atoms with Gasteiger partial charge in [0.25, 0.3) is 21.6 Å². The molecule has 3 aliphatic rings. The van der Waals surface area contributed by atoms with Crippen LogP contribution in [-0.4, -0.2) is 223 Å². The largest absolute Gasteiger partial charge is 0.481 e. The van der Waals surface area contributed by atoms with Gasteiger partial charge in [-0.15, -0.1) is 11.8 Å². The number of nitrogens with zero attached hydrogens (tertiary/aromatic N) is 8. The Bertz CT molecular complexity index is 5450. The van der Waals surface area contributed by atoms with Crippen molar-refractivity contribution in [3.63, 3.8) is 0 Å². The van der Waals surface area contributed by atoms with Gasteiger partial charge in [0, 0.05) is 138 Å². The molecular formula is C76H99N18O19S4Si2+. The van der Waals surface area contributed by atoms with Crippen molar-refractivity contribution >= 4 is 153 Å². The van der Waals surface area contributed by atoms with Gasteiger partial charge in [0.1, 0.15) is 47.5 Å². The van der Waals surface area contributed by atoms with Crippen molar-refractivity contribution in [3.8, 4) is 22.5 Å². The Labute approximate surface area is 696 Å². The number of carboxylic acids is 2. The summed E-state index contributed by atoms with van der Waals surface area (Å²) in [6.07, 6.45) is 3.56. The zero-order valence-corrected chi connectivity index (χ0v) is 72.4. The molecule has 638 valence electrons. The first kappa shape index (κ1) is 92.2. The second-order valence-electron chi connectivity index (χ2n) is 29.3. The third-order valence-electron chi connectivity index (χ3n) is 19.3. The Kier molecular flexibility index (Phi) is 31.7. The minimum Gasteiger partial charge on any atom is -0.481 e. The van der Waals surface area contributed by atoms with Crippen LogP contribution in [0.3, 0.4) is 0 Å². The summed E-state index contributed by atoms with van der Waals surface area (Å²) in [5, 5.41) is 36.6. The number of fused-ring (bicyclic) bond motifs is 3. The van der Waals surface area contributed by atoms with E-state index in [0.717, 1.165) is 60.0 Å². The van der Waals surface area contributed by atoms with Crippen molar-refractivity contribution in [1.29, 1.82) is 0 Å². The molecule has 9 rings (SSSR count). The van der Waals surface area contributed by atoms with Crippen LogP contribution in [0.4, 0.5) is 17.3 Å². The zero-order valence-electron chi connectivity index (χ0n) is 67.1. The van der Waals surface area contributed by atoms with Crippen LogP contribution in [0.15, 0.2) is 122 Å². The minimum absolute atomic E-state index is 0.0155. The predicted molar refractivity (Wildman–Crippen MR) is 452 cm³/mol. The van der Waals surface area contributed by atoms with Crippen LogP contribution in [0.1, 0.15) is 94.8 Å². The number of thioether (sulfide) groups is 2. The number of H-pyrrole nitrogens is 1. The average molecular weight is 1750 g/mol.